The summed E-state index contributed by atoms with van der Waals surface area (Å²) >= 11 is 0. The second-order valence-electron chi connectivity index (χ2n) is 8.92. The van der Waals surface area contributed by atoms with Crippen molar-refractivity contribution in [1.29, 1.82) is 0 Å². The number of fused-ring (bicyclic) bond motifs is 3. The number of aliphatic hydroxyl groups excluding tert-OH is 2. The van der Waals surface area contributed by atoms with E-state index in [-0.39, 0.29) is 18.6 Å². The van der Waals surface area contributed by atoms with Gasteiger partial charge in [-0.05, 0) is 70.2 Å². The van der Waals surface area contributed by atoms with E-state index in [1.54, 1.807) is 0 Å². The van der Waals surface area contributed by atoms with Gasteiger partial charge in [-0.2, -0.15) is 0 Å². The first-order valence-corrected chi connectivity index (χ1v) is 11.9. The molecule has 5 rings (SSSR count). The molecule has 0 amide bonds. The van der Waals surface area contributed by atoms with Crippen LogP contribution in [0, 0.1) is 0 Å². The van der Waals surface area contributed by atoms with Crippen LogP contribution in [0.25, 0.3) is 33.4 Å². The maximum Gasteiger partial charge on any atom is 0.0431 e. The van der Waals surface area contributed by atoms with Crippen LogP contribution >= 0.6 is 0 Å². The molecule has 2 N–H and O–H groups in total. The number of hydrogen-bond acceptors (Lipinski definition) is 2. The third-order valence-corrected chi connectivity index (χ3v) is 7.10. The van der Waals surface area contributed by atoms with Crippen molar-refractivity contribution in [3.63, 3.8) is 0 Å². The molecule has 166 valence electrons. The van der Waals surface area contributed by atoms with Crippen LogP contribution in [0.4, 0.5) is 0 Å². The van der Waals surface area contributed by atoms with Crippen LogP contribution in [-0.4, -0.2) is 23.4 Å². The third-order valence-electron chi connectivity index (χ3n) is 7.10. The first-order valence-electron chi connectivity index (χ1n) is 11.9. The Morgan fingerprint density at radius 2 is 0.909 bits per heavy atom. The minimum absolute atomic E-state index is 0.169. The minimum atomic E-state index is -0.217. The molecule has 0 spiro atoms. The lowest BCUT2D eigenvalue weighted by atomic mass is 9.71. The van der Waals surface area contributed by atoms with Crippen LogP contribution in [-0.2, 0) is 5.41 Å². The standard InChI is InChI=1S/C31H30O2/c32-21-9-19-31(20-10-22-33)27-17-7-15-25(23-11-3-1-4-12-23)29(27)30-26(16-8-18-28(30)31)24-13-5-2-6-14-24/h1-8,11-18,32-33H,9-10,19-22H2. The molecule has 1 aliphatic carbocycles. The molecule has 0 radical (unpaired) electrons. The van der Waals surface area contributed by atoms with Crippen molar-refractivity contribution in [3.05, 3.63) is 108 Å². The summed E-state index contributed by atoms with van der Waals surface area (Å²) in [5, 5.41) is 19.6. The lowest BCUT2D eigenvalue weighted by molar-refractivity contribution is 0.247. The molecule has 0 aliphatic heterocycles. The molecule has 1 aliphatic rings. The van der Waals surface area contributed by atoms with E-state index in [1.165, 1.54) is 44.5 Å². The Bertz CT molecular complexity index is 1130. The molecule has 4 aromatic rings. The van der Waals surface area contributed by atoms with E-state index in [1.807, 2.05) is 0 Å². The Balaban J connectivity index is 1.85. The van der Waals surface area contributed by atoms with E-state index in [0.717, 1.165) is 25.7 Å². The largest absolute Gasteiger partial charge is 0.396 e. The summed E-state index contributed by atoms with van der Waals surface area (Å²) < 4.78 is 0. The summed E-state index contributed by atoms with van der Waals surface area (Å²) in [4.78, 5) is 0. The van der Waals surface area contributed by atoms with E-state index in [4.69, 9.17) is 0 Å². The minimum Gasteiger partial charge on any atom is -0.396 e. The molecule has 0 heterocycles. The highest BCUT2D eigenvalue weighted by Crippen LogP contribution is 2.58. The summed E-state index contributed by atoms with van der Waals surface area (Å²) in [5.41, 5.74) is 9.94. The molecular weight excluding hydrogens is 404 g/mol. The van der Waals surface area contributed by atoms with E-state index in [9.17, 15) is 10.2 Å². The van der Waals surface area contributed by atoms with Gasteiger partial charge in [0.25, 0.3) is 0 Å². The summed E-state index contributed by atoms with van der Waals surface area (Å²) in [5.74, 6) is 0. The fraction of sp³-hybridized carbons (Fsp3) is 0.226. The molecule has 0 saturated heterocycles. The van der Waals surface area contributed by atoms with Gasteiger partial charge in [0.15, 0.2) is 0 Å². The van der Waals surface area contributed by atoms with Gasteiger partial charge in [-0.25, -0.2) is 0 Å². The highest BCUT2D eigenvalue weighted by atomic mass is 16.3. The predicted molar refractivity (Wildman–Crippen MR) is 136 cm³/mol. The first kappa shape index (κ1) is 21.6. The maximum absolute atomic E-state index is 9.78. The van der Waals surface area contributed by atoms with Crippen LogP contribution < -0.4 is 0 Å². The monoisotopic (exact) mass is 434 g/mol. The van der Waals surface area contributed by atoms with Crippen molar-refractivity contribution in [2.45, 2.75) is 31.1 Å². The molecule has 0 fully saturated rings. The summed E-state index contributed by atoms with van der Waals surface area (Å²) in [6, 6.07) is 34.6. The zero-order valence-corrected chi connectivity index (χ0v) is 18.9. The van der Waals surface area contributed by atoms with Gasteiger partial charge in [0, 0.05) is 18.6 Å². The topological polar surface area (TPSA) is 40.5 Å². The summed E-state index contributed by atoms with van der Waals surface area (Å²) in [6.07, 6.45) is 3.19. The molecule has 0 unspecified atom stereocenters. The van der Waals surface area contributed by atoms with Crippen LogP contribution in [0.5, 0.6) is 0 Å². The third kappa shape index (κ3) is 3.70. The number of rotatable bonds is 8. The normalized spacial score (nSPS) is 13.5. The molecule has 0 aromatic heterocycles. The Morgan fingerprint density at radius 1 is 0.485 bits per heavy atom. The zero-order chi connectivity index (χ0) is 22.7. The molecule has 2 nitrogen and oxygen atoms in total. The Hall–Kier alpha value is -3.20. The van der Waals surface area contributed by atoms with Gasteiger partial charge in [-0.1, -0.05) is 97.1 Å². The SMILES string of the molecule is OCCCC1(CCCO)c2cccc(-c3ccccc3)c2-c2c(-c3ccccc3)cccc21. The average molecular weight is 435 g/mol. The maximum atomic E-state index is 9.78. The zero-order valence-electron chi connectivity index (χ0n) is 18.9. The molecule has 0 saturated carbocycles. The van der Waals surface area contributed by atoms with Crippen molar-refractivity contribution >= 4 is 0 Å². The fourth-order valence-electron chi connectivity index (χ4n) is 5.73. The lowest BCUT2D eigenvalue weighted by Gasteiger charge is -2.32. The summed E-state index contributed by atoms with van der Waals surface area (Å²) in [6.45, 7) is 0.338. The summed E-state index contributed by atoms with van der Waals surface area (Å²) in [7, 11) is 0. The van der Waals surface area contributed by atoms with Crippen molar-refractivity contribution in [2.24, 2.45) is 0 Å². The Morgan fingerprint density at radius 3 is 1.30 bits per heavy atom. The van der Waals surface area contributed by atoms with Gasteiger partial charge in [0.05, 0.1) is 0 Å². The quantitative estimate of drug-likeness (QED) is 0.319. The van der Waals surface area contributed by atoms with E-state index >= 15 is 0 Å². The van der Waals surface area contributed by atoms with E-state index < -0.39 is 0 Å². The second kappa shape index (κ2) is 9.35. The van der Waals surface area contributed by atoms with Crippen LogP contribution in [0.1, 0.15) is 36.8 Å². The first-order chi connectivity index (χ1) is 16.3. The molecule has 4 aromatic carbocycles. The van der Waals surface area contributed by atoms with Gasteiger partial charge in [0.2, 0.25) is 0 Å². The lowest BCUT2D eigenvalue weighted by Crippen LogP contribution is -2.26. The molecular formula is C31H30O2. The predicted octanol–water partition coefficient (Wildman–Crippen LogP) is 6.83. The molecule has 2 heteroatoms. The Kier molecular flexibility index (Phi) is 6.13. The fourth-order valence-corrected chi connectivity index (χ4v) is 5.73. The average Bonchev–Trinajstić information content (AvgIpc) is 3.17. The van der Waals surface area contributed by atoms with Crippen LogP contribution in [0.3, 0.4) is 0 Å². The molecule has 0 bridgehead atoms. The van der Waals surface area contributed by atoms with Gasteiger partial charge in [-0.3, -0.25) is 0 Å². The van der Waals surface area contributed by atoms with Gasteiger partial charge >= 0.3 is 0 Å². The number of hydrogen-bond donors (Lipinski definition) is 2. The highest BCUT2D eigenvalue weighted by Gasteiger charge is 2.44. The number of benzene rings is 4. The Labute approximate surface area is 196 Å². The molecule has 33 heavy (non-hydrogen) atoms. The van der Waals surface area contributed by atoms with Gasteiger partial charge in [-0.15, -0.1) is 0 Å². The highest BCUT2D eigenvalue weighted by molar-refractivity contribution is 5.99. The second-order valence-corrected chi connectivity index (χ2v) is 8.92. The molecule has 0 atom stereocenters. The van der Waals surface area contributed by atoms with Gasteiger partial charge < -0.3 is 10.2 Å². The van der Waals surface area contributed by atoms with Crippen LogP contribution in [0.15, 0.2) is 97.1 Å². The van der Waals surface area contributed by atoms with Gasteiger partial charge in [0.1, 0.15) is 0 Å². The van der Waals surface area contributed by atoms with Crippen LogP contribution in [0.2, 0.25) is 0 Å². The number of aliphatic hydroxyl groups is 2. The van der Waals surface area contributed by atoms with E-state index in [0.29, 0.717) is 0 Å². The smallest absolute Gasteiger partial charge is 0.0431 e. The van der Waals surface area contributed by atoms with Crippen molar-refractivity contribution in [2.75, 3.05) is 13.2 Å². The van der Waals surface area contributed by atoms with E-state index in [2.05, 4.69) is 97.1 Å². The van der Waals surface area contributed by atoms with Crippen molar-refractivity contribution < 1.29 is 10.2 Å². The van der Waals surface area contributed by atoms with Crippen molar-refractivity contribution in [3.8, 4) is 33.4 Å². The van der Waals surface area contributed by atoms with Crippen molar-refractivity contribution in [1.82, 2.24) is 0 Å².